The highest BCUT2D eigenvalue weighted by Gasteiger charge is 2.27. The zero-order chi connectivity index (χ0) is 13.9. The second kappa shape index (κ2) is 5.95. The van der Waals surface area contributed by atoms with Crippen molar-refractivity contribution in [2.24, 2.45) is 5.92 Å². The molecule has 3 N–H and O–H groups in total. The molecule has 1 aromatic heterocycles. The molecule has 5 heteroatoms. The van der Waals surface area contributed by atoms with Crippen LogP contribution in [0.15, 0.2) is 6.07 Å². The van der Waals surface area contributed by atoms with Crippen LogP contribution in [0.25, 0.3) is 0 Å². The Kier molecular flexibility index (Phi) is 4.05. The minimum atomic E-state index is 0.403. The lowest BCUT2D eigenvalue weighted by molar-refractivity contribution is 0.530. The van der Waals surface area contributed by atoms with Gasteiger partial charge in [0.25, 0.3) is 0 Å². The Balaban J connectivity index is 1.60. The molecule has 2 heterocycles. The molecular weight excluding hydrogens is 250 g/mol. The molecule has 3 rings (SSSR count). The summed E-state index contributed by atoms with van der Waals surface area (Å²) in [6, 6.07) is 2.70. The smallest absolute Gasteiger partial charge is 0.222 e. The summed E-state index contributed by atoms with van der Waals surface area (Å²) in [5, 5.41) is 3.68. The van der Waals surface area contributed by atoms with Crippen molar-refractivity contribution in [2.75, 3.05) is 30.3 Å². The number of rotatable bonds is 6. The van der Waals surface area contributed by atoms with Gasteiger partial charge in [0.2, 0.25) is 5.95 Å². The molecule has 1 aliphatic carbocycles. The first kappa shape index (κ1) is 13.6. The van der Waals surface area contributed by atoms with E-state index in [9.17, 15) is 0 Å². The summed E-state index contributed by atoms with van der Waals surface area (Å²) in [6.07, 6.45) is 6.07. The topological polar surface area (TPSA) is 67.1 Å². The van der Waals surface area contributed by atoms with Gasteiger partial charge < -0.3 is 16.0 Å². The van der Waals surface area contributed by atoms with Crippen molar-refractivity contribution in [1.29, 1.82) is 0 Å². The molecule has 1 aliphatic heterocycles. The molecule has 5 nitrogen and oxygen atoms in total. The fourth-order valence-electron chi connectivity index (χ4n) is 2.84. The van der Waals surface area contributed by atoms with Crippen molar-refractivity contribution < 1.29 is 0 Å². The number of hydrogen-bond acceptors (Lipinski definition) is 5. The van der Waals surface area contributed by atoms with Gasteiger partial charge in [-0.15, -0.1) is 0 Å². The fraction of sp³-hybridized carbons (Fsp3) is 0.733. The summed E-state index contributed by atoms with van der Waals surface area (Å²) in [6.45, 7) is 5.44. The third-order valence-corrected chi connectivity index (χ3v) is 4.19. The molecule has 2 aliphatic rings. The van der Waals surface area contributed by atoms with Crippen LogP contribution < -0.4 is 16.0 Å². The molecule has 2 fully saturated rings. The second-order valence-electron chi connectivity index (χ2n) is 6.11. The minimum absolute atomic E-state index is 0.403. The number of nitrogens with zero attached hydrogens (tertiary/aromatic N) is 3. The molecule has 0 radical (unpaired) electrons. The maximum Gasteiger partial charge on any atom is 0.222 e. The summed E-state index contributed by atoms with van der Waals surface area (Å²) in [5.74, 6) is 2.34. The number of aryl methyl sites for hydroxylation is 1. The van der Waals surface area contributed by atoms with Gasteiger partial charge in [-0.25, -0.2) is 4.98 Å². The van der Waals surface area contributed by atoms with E-state index in [0.29, 0.717) is 12.0 Å². The number of nitrogens with one attached hydrogen (secondary N) is 1. The molecule has 1 atom stereocenters. The number of anilines is 2. The maximum atomic E-state index is 5.83. The lowest BCUT2D eigenvalue weighted by atomic mass is 10.2. The Morgan fingerprint density at radius 2 is 2.20 bits per heavy atom. The summed E-state index contributed by atoms with van der Waals surface area (Å²) < 4.78 is 0. The Morgan fingerprint density at radius 1 is 1.35 bits per heavy atom. The zero-order valence-corrected chi connectivity index (χ0v) is 12.3. The number of nitrogens with two attached hydrogens (primary N) is 1. The highest BCUT2D eigenvalue weighted by Crippen LogP contribution is 2.28. The van der Waals surface area contributed by atoms with E-state index in [2.05, 4.69) is 33.2 Å². The van der Waals surface area contributed by atoms with E-state index in [1.165, 1.54) is 25.8 Å². The van der Waals surface area contributed by atoms with E-state index >= 15 is 0 Å². The van der Waals surface area contributed by atoms with E-state index in [1.54, 1.807) is 0 Å². The minimum Gasteiger partial charge on any atom is -0.368 e. The monoisotopic (exact) mass is 275 g/mol. The molecule has 0 aromatic carbocycles. The van der Waals surface area contributed by atoms with Gasteiger partial charge in [-0.1, -0.05) is 13.3 Å². The fourth-order valence-corrected chi connectivity index (χ4v) is 2.84. The van der Waals surface area contributed by atoms with Crippen LogP contribution in [-0.4, -0.2) is 35.6 Å². The predicted molar refractivity (Wildman–Crippen MR) is 81.8 cm³/mol. The van der Waals surface area contributed by atoms with Gasteiger partial charge in [0, 0.05) is 30.9 Å². The molecule has 20 heavy (non-hydrogen) atoms. The van der Waals surface area contributed by atoms with Gasteiger partial charge >= 0.3 is 0 Å². The average Bonchev–Trinajstić information content (AvgIpc) is 3.13. The lowest BCUT2D eigenvalue weighted by Crippen LogP contribution is -2.34. The highest BCUT2D eigenvalue weighted by atomic mass is 15.2. The van der Waals surface area contributed by atoms with Crippen LogP contribution >= 0.6 is 0 Å². The van der Waals surface area contributed by atoms with E-state index in [0.717, 1.165) is 43.4 Å². The highest BCUT2D eigenvalue weighted by molar-refractivity contribution is 5.44. The van der Waals surface area contributed by atoms with Crippen LogP contribution in [0.5, 0.6) is 0 Å². The first-order chi connectivity index (χ1) is 9.74. The summed E-state index contributed by atoms with van der Waals surface area (Å²) in [5.41, 5.74) is 6.89. The molecule has 1 saturated carbocycles. The first-order valence-electron chi connectivity index (χ1n) is 7.86. The van der Waals surface area contributed by atoms with Gasteiger partial charge in [-0.05, 0) is 38.1 Å². The third kappa shape index (κ3) is 3.39. The Hall–Kier alpha value is -1.36. The molecule has 0 bridgehead atoms. The van der Waals surface area contributed by atoms with Gasteiger partial charge in [0.1, 0.15) is 5.82 Å². The third-order valence-electron chi connectivity index (χ3n) is 4.19. The van der Waals surface area contributed by atoms with Crippen molar-refractivity contribution in [3.8, 4) is 0 Å². The van der Waals surface area contributed by atoms with Crippen molar-refractivity contribution in [3.05, 3.63) is 11.8 Å². The first-order valence-corrected chi connectivity index (χ1v) is 7.86. The Bertz CT molecular complexity index is 458. The normalized spacial score (nSPS) is 22.4. The average molecular weight is 275 g/mol. The van der Waals surface area contributed by atoms with Crippen LogP contribution in [0, 0.1) is 5.92 Å². The standard InChI is InChI=1S/C15H25N5/c1-2-3-12-8-14(19-15(16)18-12)20-7-6-13(10-20)17-9-11-4-5-11/h8,11,13,17H,2-7,9-10H2,1H3,(H2,16,18,19). The SMILES string of the molecule is CCCc1cc(N2CCC(NCC3CC3)C2)nc(N)n1. The van der Waals surface area contributed by atoms with Crippen molar-refractivity contribution in [3.63, 3.8) is 0 Å². The molecule has 1 saturated heterocycles. The lowest BCUT2D eigenvalue weighted by Gasteiger charge is -2.19. The molecule has 0 amide bonds. The van der Waals surface area contributed by atoms with Crippen molar-refractivity contribution in [2.45, 2.75) is 45.1 Å². The van der Waals surface area contributed by atoms with Crippen LogP contribution in [0.1, 0.15) is 38.3 Å². The maximum absolute atomic E-state index is 5.83. The van der Waals surface area contributed by atoms with Gasteiger partial charge in [0.05, 0.1) is 0 Å². The zero-order valence-electron chi connectivity index (χ0n) is 12.3. The van der Waals surface area contributed by atoms with Crippen LogP contribution in [0.3, 0.4) is 0 Å². The molecule has 1 unspecified atom stereocenters. The summed E-state index contributed by atoms with van der Waals surface area (Å²) >= 11 is 0. The quantitative estimate of drug-likeness (QED) is 0.825. The predicted octanol–water partition coefficient (Wildman–Crippen LogP) is 1.59. The van der Waals surface area contributed by atoms with Crippen molar-refractivity contribution >= 4 is 11.8 Å². The van der Waals surface area contributed by atoms with E-state index in [4.69, 9.17) is 5.73 Å². The number of hydrogen-bond donors (Lipinski definition) is 2. The number of nitrogen functional groups attached to an aromatic ring is 1. The van der Waals surface area contributed by atoms with Crippen LogP contribution in [-0.2, 0) is 6.42 Å². The summed E-state index contributed by atoms with van der Waals surface area (Å²) in [7, 11) is 0. The van der Waals surface area contributed by atoms with Crippen molar-refractivity contribution in [1.82, 2.24) is 15.3 Å². The summed E-state index contributed by atoms with van der Waals surface area (Å²) in [4.78, 5) is 11.0. The van der Waals surface area contributed by atoms with Gasteiger partial charge in [0.15, 0.2) is 0 Å². The van der Waals surface area contributed by atoms with Crippen LogP contribution in [0.4, 0.5) is 11.8 Å². The van der Waals surface area contributed by atoms with Gasteiger partial charge in [-0.2, -0.15) is 4.98 Å². The largest absolute Gasteiger partial charge is 0.368 e. The molecule has 110 valence electrons. The van der Waals surface area contributed by atoms with E-state index in [-0.39, 0.29) is 0 Å². The Labute approximate surface area is 121 Å². The van der Waals surface area contributed by atoms with Crippen LogP contribution in [0.2, 0.25) is 0 Å². The second-order valence-corrected chi connectivity index (χ2v) is 6.11. The van der Waals surface area contributed by atoms with E-state index < -0.39 is 0 Å². The molecule has 0 spiro atoms. The Morgan fingerprint density at radius 3 is 2.95 bits per heavy atom. The van der Waals surface area contributed by atoms with Gasteiger partial charge in [-0.3, -0.25) is 0 Å². The number of aromatic nitrogens is 2. The van der Waals surface area contributed by atoms with E-state index in [1.807, 2.05) is 0 Å². The molecule has 1 aromatic rings. The molecular formula is C15H25N5.